The average Bonchev–Trinajstić information content (AvgIpc) is 3.64. The van der Waals surface area contributed by atoms with Crippen LogP contribution in [-0.4, -0.2) is 100 Å². The molecule has 0 aromatic carbocycles. The summed E-state index contributed by atoms with van der Waals surface area (Å²) in [6.45, 7) is 4.31. The Morgan fingerprint density at radius 2 is 0.829 bits per heavy atom. The van der Waals surface area contributed by atoms with Crippen LogP contribution < -0.4 is 5.32 Å². The number of carbonyl (C=O) groups excluding carboxylic acids is 2. The summed E-state index contributed by atoms with van der Waals surface area (Å²) in [7, 11) is 0. The van der Waals surface area contributed by atoms with E-state index in [-0.39, 0.29) is 18.5 Å². The Hall–Kier alpha value is -2.64. The van der Waals surface area contributed by atoms with Gasteiger partial charge in [-0.3, -0.25) is 9.59 Å². The standard InChI is InChI=1S/C71H129NO10/c1-3-5-7-9-11-13-15-17-35-39-43-47-51-55-59-67(76)80-60-56-52-48-44-40-36-32-30-28-26-24-22-20-18-19-21-23-25-27-29-31-34-38-42-46-50-54-58-66(75)72-63(62-81-71-70(79)69(78)68(77)65(61-73)82-71)64(74)57-53-49-45-41-37-33-16-14-12-10-8-6-4-2/h9,11,15,17-19,22,24,53,57,63-65,68-71,73-74,77-79H,3-8,10,12-14,16,20-21,23,25-52,54-56,58-62H2,1-2H3,(H,72,75)/b11-9-,17-15-,19-18-,24-22-,57-53+. The summed E-state index contributed by atoms with van der Waals surface area (Å²) >= 11 is 0. The van der Waals surface area contributed by atoms with E-state index in [4.69, 9.17) is 14.2 Å². The van der Waals surface area contributed by atoms with Gasteiger partial charge in [-0.05, 0) is 89.9 Å². The van der Waals surface area contributed by atoms with Crippen LogP contribution in [0.2, 0.25) is 0 Å². The molecule has 1 fully saturated rings. The van der Waals surface area contributed by atoms with E-state index < -0.39 is 49.5 Å². The summed E-state index contributed by atoms with van der Waals surface area (Å²) in [6, 6.07) is -0.814. The van der Waals surface area contributed by atoms with E-state index in [0.29, 0.717) is 19.4 Å². The Balaban J connectivity index is 2.01. The van der Waals surface area contributed by atoms with Crippen molar-refractivity contribution >= 4 is 11.9 Å². The molecule has 1 rings (SSSR count). The number of aliphatic hydroxyl groups excluding tert-OH is 5. The largest absolute Gasteiger partial charge is 0.466 e. The van der Waals surface area contributed by atoms with Crippen molar-refractivity contribution < 1.29 is 49.3 Å². The van der Waals surface area contributed by atoms with Crippen LogP contribution in [0.4, 0.5) is 0 Å². The highest BCUT2D eigenvalue weighted by molar-refractivity contribution is 5.76. The van der Waals surface area contributed by atoms with Gasteiger partial charge < -0.3 is 45.1 Å². The molecule has 6 N–H and O–H groups in total. The fourth-order valence-electron chi connectivity index (χ4n) is 10.6. The molecular weight excluding hydrogens is 1030 g/mol. The number of amides is 1. The molecule has 7 atom stereocenters. The van der Waals surface area contributed by atoms with Gasteiger partial charge in [-0.2, -0.15) is 0 Å². The van der Waals surface area contributed by atoms with Gasteiger partial charge in [-0.25, -0.2) is 0 Å². The van der Waals surface area contributed by atoms with E-state index in [0.717, 1.165) is 83.5 Å². The quantitative estimate of drug-likeness (QED) is 0.0195. The second-order valence-electron chi connectivity index (χ2n) is 23.9. The Bertz CT molecular complexity index is 1550. The van der Waals surface area contributed by atoms with Gasteiger partial charge in [0.1, 0.15) is 24.4 Å². The second kappa shape index (κ2) is 60.1. The van der Waals surface area contributed by atoms with E-state index in [1.807, 2.05) is 6.08 Å². The van der Waals surface area contributed by atoms with E-state index in [1.165, 1.54) is 205 Å². The van der Waals surface area contributed by atoms with Crippen LogP contribution >= 0.6 is 0 Å². The molecule has 82 heavy (non-hydrogen) atoms. The highest BCUT2D eigenvalue weighted by atomic mass is 16.7. The maximum absolute atomic E-state index is 13.1. The third-order valence-electron chi connectivity index (χ3n) is 16.1. The minimum absolute atomic E-state index is 0.0139. The van der Waals surface area contributed by atoms with Crippen LogP contribution in [-0.2, 0) is 23.8 Å². The Morgan fingerprint density at radius 3 is 1.27 bits per heavy atom. The molecule has 11 nitrogen and oxygen atoms in total. The number of hydrogen-bond acceptors (Lipinski definition) is 10. The highest BCUT2D eigenvalue weighted by Gasteiger charge is 2.44. The first-order valence-corrected chi connectivity index (χ1v) is 34.6. The molecule has 7 unspecified atom stereocenters. The van der Waals surface area contributed by atoms with E-state index in [1.54, 1.807) is 6.08 Å². The summed E-state index contributed by atoms with van der Waals surface area (Å²) < 4.78 is 16.7. The van der Waals surface area contributed by atoms with Gasteiger partial charge in [0.25, 0.3) is 0 Å². The zero-order valence-electron chi connectivity index (χ0n) is 52.9. The minimum Gasteiger partial charge on any atom is -0.466 e. The number of rotatable bonds is 60. The number of carbonyl (C=O) groups is 2. The molecule has 0 aromatic heterocycles. The summed E-state index contributed by atoms with van der Waals surface area (Å²) in [6.07, 6.45) is 69.0. The molecule has 0 aliphatic carbocycles. The first-order chi connectivity index (χ1) is 40.2. The van der Waals surface area contributed by atoms with Crippen LogP contribution in [0.25, 0.3) is 0 Å². The lowest BCUT2D eigenvalue weighted by Gasteiger charge is -2.40. The van der Waals surface area contributed by atoms with Gasteiger partial charge in [0.05, 0.1) is 32.0 Å². The molecule has 1 amide bonds. The van der Waals surface area contributed by atoms with Crippen molar-refractivity contribution in [1.29, 1.82) is 0 Å². The average molecular weight is 1160 g/mol. The molecule has 0 saturated carbocycles. The van der Waals surface area contributed by atoms with Crippen LogP contribution in [0, 0.1) is 0 Å². The molecule has 1 saturated heterocycles. The molecule has 1 heterocycles. The van der Waals surface area contributed by atoms with Crippen molar-refractivity contribution in [3.05, 3.63) is 60.8 Å². The van der Waals surface area contributed by atoms with Crippen molar-refractivity contribution in [2.24, 2.45) is 0 Å². The number of esters is 1. The molecule has 0 bridgehead atoms. The third kappa shape index (κ3) is 48.6. The zero-order valence-corrected chi connectivity index (χ0v) is 52.9. The number of unbranched alkanes of at least 4 members (excludes halogenated alkanes) is 38. The van der Waals surface area contributed by atoms with Crippen molar-refractivity contribution in [3.8, 4) is 0 Å². The van der Waals surface area contributed by atoms with Crippen molar-refractivity contribution in [2.45, 2.75) is 358 Å². The number of ether oxygens (including phenoxy) is 3. The third-order valence-corrected chi connectivity index (χ3v) is 16.1. The molecular formula is C71H129NO10. The minimum atomic E-state index is -1.57. The summed E-state index contributed by atoms with van der Waals surface area (Å²) in [5.41, 5.74) is 0. The van der Waals surface area contributed by atoms with Gasteiger partial charge >= 0.3 is 5.97 Å². The van der Waals surface area contributed by atoms with Crippen LogP contribution in [0.3, 0.4) is 0 Å². The van der Waals surface area contributed by atoms with Gasteiger partial charge in [0.2, 0.25) is 5.91 Å². The summed E-state index contributed by atoms with van der Waals surface area (Å²) in [5.74, 6) is -0.198. The number of hydrogen-bond donors (Lipinski definition) is 6. The van der Waals surface area contributed by atoms with Crippen LogP contribution in [0.15, 0.2) is 60.8 Å². The summed E-state index contributed by atoms with van der Waals surface area (Å²) in [5, 5.41) is 54.5. The normalized spacial score (nSPS) is 18.5. The van der Waals surface area contributed by atoms with Crippen LogP contribution in [0.1, 0.15) is 316 Å². The van der Waals surface area contributed by atoms with Gasteiger partial charge in [0, 0.05) is 12.8 Å². The van der Waals surface area contributed by atoms with E-state index in [9.17, 15) is 35.1 Å². The SMILES string of the molecule is CCCC/C=C\C/C=C\CCCCCCCC(=O)OCCCCCCCCCCC/C=C\C/C=C\CCCCCCCCCCCCCC(=O)NC(COC1OC(CO)C(O)C(O)C1O)C(O)/C=C/CCCCCCCCCCCCC. The number of nitrogens with one attached hydrogen (secondary N) is 1. The maximum atomic E-state index is 13.1. The molecule has 11 heteroatoms. The molecule has 478 valence electrons. The Morgan fingerprint density at radius 1 is 0.451 bits per heavy atom. The monoisotopic (exact) mass is 1160 g/mol. The first kappa shape index (κ1) is 77.4. The van der Waals surface area contributed by atoms with E-state index in [2.05, 4.69) is 67.8 Å². The fourth-order valence-corrected chi connectivity index (χ4v) is 10.6. The van der Waals surface area contributed by atoms with Gasteiger partial charge in [-0.1, -0.05) is 274 Å². The maximum Gasteiger partial charge on any atom is 0.305 e. The van der Waals surface area contributed by atoms with Crippen molar-refractivity contribution in [1.82, 2.24) is 5.32 Å². The number of aliphatic hydroxyl groups is 5. The Kier molecular flexibility index (Phi) is 56.7. The Labute approximate surface area is 503 Å². The second-order valence-corrected chi connectivity index (χ2v) is 23.9. The predicted molar refractivity (Wildman–Crippen MR) is 343 cm³/mol. The lowest BCUT2D eigenvalue weighted by molar-refractivity contribution is -0.302. The van der Waals surface area contributed by atoms with Crippen molar-refractivity contribution in [3.63, 3.8) is 0 Å². The summed E-state index contributed by atoms with van der Waals surface area (Å²) in [4.78, 5) is 25.1. The topological polar surface area (TPSA) is 175 Å². The smallest absolute Gasteiger partial charge is 0.305 e. The molecule has 0 aromatic rings. The van der Waals surface area contributed by atoms with Gasteiger partial charge in [0.15, 0.2) is 6.29 Å². The molecule has 1 aliphatic heterocycles. The predicted octanol–water partition coefficient (Wildman–Crippen LogP) is 17.3. The molecule has 0 spiro atoms. The van der Waals surface area contributed by atoms with E-state index >= 15 is 0 Å². The number of allylic oxidation sites excluding steroid dienone is 9. The molecule has 1 aliphatic rings. The lowest BCUT2D eigenvalue weighted by Crippen LogP contribution is -2.60. The zero-order chi connectivity index (χ0) is 59.5. The first-order valence-electron chi connectivity index (χ1n) is 34.6. The lowest BCUT2D eigenvalue weighted by atomic mass is 9.99. The molecule has 0 radical (unpaired) electrons. The highest BCUT2D eigenvalue weighted by Crippen LogP contribution is 2.23. The van der Waals surface area contributed by atoms with Crippen LogP contribution in [0.5, 0.6) is 0 Å². The van der Waals surface area contributed by atoms with Crippen molar-refractivity contribution in [2.75, 3.05) is 19.8 Å². The van der Waals surface area contributed by atoms with Gasteiger partial charge in [-0.15, -0.1) is 0 Å². The fraction of sp³-hybridized carbons (Fsp3) is 0.831.